The van der Waals surface area contributed by atoms with Crippen LogP contribution in [-0.2, 0) is 9.53 Å². The summed E-state index contributed by atoms with van der Waals surface area (Å²) in [5, 5.41) is 2.54. The van der Waals surface area contributed by atoms with Crippen LogP contribution in [0.4, 0.5) is 0 Å². The molecule has 17 heavy (non-hydrogen) atoms. The van der Waals surface area contributed by atoms with E-state index in [1.807, 2.05) is 0 Å². The Hall–Kier alpha value is -1.33. The lowest BCUT2D eigenvalue weighted by molar-refractivity contribution is -0.141. The highest BCUT2D eigenvalue weighted by Gasteiger charge is 2.13. The SMILES string of the molecule is CCOC(=O)CNC(=O)c1ccc(Cl)nc1Cl. The minimum atomic E-state index is -0.515. The molecule has 0 saturated heterocycles. The summed E-state index contributed by atoms with van der Waals surface area (Å²) in [5.41, 5.74) is 0.153. The molecule has 5 nitrogen and oxygen atoms in total. The molecule has 0 aromatic carbocycles. The summed E-state index contributed by atoms with van der Waals surface area (Å²) in [6.45, 7) is 1.73. The molecule has 92 valence electrons. The van der Waals surface area contributed by atoms with Gasteiger partial charge >= 0.3 is 5.97 Å². The number of hydrogen-bond donors (Lipinski definition) is 1. The quantitative estimate of drug-likeness (QED) is 0.671. The molecule has 0 saturated carbocycles. The molecule has 0 aliphatic carbocycles. The van der Waals surface area contributed by atoms with Gasteiger partial charge in [0.15, 0.2) is 0 Å². The molecule has 0 unspecified atom stereocenters. The molecule has 0 radical (unpaired) electrons. The van der Waals surface area contributed by atoms with Gasteiger partial charge in [-0.1, -0.05) is 23.2 Å². The Kier molecular flexibility index (Phi) is 5.18. The van der Waals surface area contributed by atoms with E-state index in [0.29, 0.717) is 0 Å². The Labute approximate surface area is 108 Å². The number of nitrogens with zero attached hydrogens (tertiary/aromatic N) is 1. The summed E-state index contributed by atoms with van der Waals surface area (Å²) >= 11 is 11.3. The first-order valence-corrected chi connectivity index (χ1v) is 5.56. The Morgan fingerprint density at radius 3 is 2.71 bits per heavy atom. The van der Waals surface area contributed by atoms with Crippen LogP contribution < -0.4 is 5.32 Å². The van der Waals surface area contributed by atoms with Crippen molar-refractivity contribution in [1.82, 2.24) is 10.3 Å². The van der Waals surface area contributed by atoms with Crippen LogP contribution in [0, 0.1) is 0 Å². The Morgan fingerprint density at radius 2 is 2.12 bits per heavy atom. The molecule has 7 heteroatoms. The molecule has 0 spiro atoms. The van der Waals surface area contributed by atoms with E-state index in [1.54, 1.807) is 6.92 Å². The summed E-state index contributed by atoms with van der Waals surface area (Å²) in [6, 6.07) is 2.87. The second kappa shape index (κ2) is 6.42. The first-order chi connectivity index (χ1) is 8.04. The molecule has 1 N–H and O–H groups in total. The first kappa shape index (κ1) is 13.7. The van der Waals surface area contributed by atoms with Crippen LogP contribution in [0.15, 0.2) is 12.1 Å². The third-order valence-electron chi connectivity index (χ3n) is 1.76. The molecule has 1 aromatic rings. The maximum absolute atomic E-state index is 11.6. The Bertz CT molecular complexity index is 438. The lowest BCUT2D eigenvalue weighted by Gasteiger charge is -2.05. The Balaban J connectivity index is 2.61. The van der Waals surface area contributed by atoms with Gasteiger partial charge in [-0.05, 0) is 19.1 Å². The number of carbonyl (C=O) groups is 2. The highest BCUT2D eigenvalue weighted by Crippen LogP contribution is 2.16. The van der Waals surface area contributed by atoms with Gasteiger partial charge in [0.1, 0.15) is 16.9 Å². The van der Waals surface area contributed by atoms with E-state index in [1.165, 1.54) is 12.1 Å². The number of carbonyl (C=O) groups excluding carboxylic acids is 2. The monoisotopic (exact) mass is 276 g/mol. The molecule has 0 aliphatic heterocycles. The van der Waals surface area contributed by atoms with Gasteiger partial charge in [0.25, 0.3) is 5.91 Å². The summed E-state index contributed by atoms with van der Waals surface area (Å²) in [5.74, 6) is -1.02. The fraction of sp³-hybridized carbons (Fsp3) is 0.300. The Morgan fingerprint density at radius 1 is 1.41 bits per heavy atom. The molecule has 0 bridgehead atoms. The van der Waals surface area contributed by atoms with Crippen LogP contribution in [0.25, 0.3) is 0 Å². The summed E-state index contributed by atoms with van der Waals surface area (Å²) in [4.78, 5) is 26.3. The van der Waals surface area contributed by atoms with Gasteiger partial charge in [-0.2, -0.15) is 0 Å². The van der Waals surface area contributed by atoms with Crippen LogP contribution >= 0.6 is 23.2 Å². The summed E-state index contributed by atoms with van der Waals surface area (Å²) in [7, 11) is 0. The van der Waals surface area contributed by atoms with Gasteiger partial charge in [0, 0.05) is 0 Å². The van der Waals surface area contributed by atoms with Crippen molar-refractivity contribution in [2.45, 2.75) is 6.92 Å². The van der Waals surface area contributed by atoms with Crippen LogP contribution in [0.2, 0.25) is 10.3 Å². The minimum absolute atomic E-state index is 0.0149. The number of esters is 1. The van der Waals surface area contributed by atoms with Crippen molar-refractivity contribution in [2.75, 3.05) is 13.2 Å². The number of hydrogen-bond acceptors (Lipinski definition) is 4. The average molecular weight is 277 g/mol. The van der Waals surface area contributed by atoms with Crippen LogP contribution in [0.3, 0.4) is 0 Å². The lowest BCUT2D eigenvalue weighted by atomic mass is 10.2. The largest absolute Gasteiger partial charge is 0.465 e. The van der Waals surface area contributed by atoms with E-state index in [2.05, 4.69) is 15.0 Å². The molecule has 0 aliphatic rings. The standard InChI is InChI=1S/C10H10Cl2N2O3/c1-2-17-8(15)5-13-10(16)6-3-4-7(11)14-9(6)12/h3-4H,2,5H2,1H3,(H,13,16). The first-order valence-electron chi connectivity index (χ1n) is 4.80. The zero-order valence-corrected chi connectivity index (χ0v) is 10.5. The second-order valence-corrected chi connectivity index (χ2v) is 3.71. The van der Waals surface area contributed by atoms with Crippen molar-refractivity contribution in [1.29, 1.82) is 0 Å². The van der Waals surface area contributed by atoms with Crippen molar-refractivity contribution in [3.05, 3.63) is 28.0 Å². The predicted octanol–water partition coefficient (Wildman–Crippen LogP) is 1.68. The number of aromatic nitrogens is 1. The van der Waals surface area contributed by atoms with Crippen LogP contribution in [0.1, 0.15) is 17.3 Å². The third-order valence-corrected chi connectivity index (χ3v) is 2.26. The van der Waals surface area contributed by atoms with E-state index in [4.69, 9.17) is 23.2 Å². The van der Waals surface area contributed by atoms with Gasteiger partial charge in [0.2, 0.25) is 0 Å². The smallest absolute Gasteiger partial charge is 0.325 e. The summed E-state index contributed by atoms with van der Waals surface area (Å²) in [6.07, 6.45) is 0. The number of amides is 1. The maximum atomic E-state index is 11.6. The zero-order valence-electron chi connectivity index (χ0n) is 9.00. The topological polar surface area (TPSA) is 68.3 Å². The van der Waals surface area contributed by atoms with Crippen molar-refractivity contribution in [2.24, 2.45) is 0 Å². The maximum Gasteiger partial charge on any atom is 0.325 e. The molecule has 1 amide bonds. The number of ether oxygens (including phenoxy) is 1. The molecule has 1 rings (SSSR count). The van der Waals surface area contributed by atoms with Crippen molar-refractivity contribution in [3.63, 3.8) is 0 Å². The molecular weight excluding hydrogens is 267 g/mol. The van der Waals surface area contributed by atoms with E-state index >= 15 is 0 Å². The molecular formula is C10H10Cl2N2O3. The van der Waals surface area contributed by atoms with E-state index in [0.717, 1.165) is 0 Å². The minimum Gasteiger partial charge on any atom is -0.465 e. The van der Waals surface area contributed by atoms with Crippen LogP contribution in [-0.4, -0.2) is 30.0 Å². The predicted molar refractivity (Wildman–Crippen MR) is 63.2 cm³/mol. The lowest BCUT2D eigenvalue weighted by Crippen LogP contribution is -2.30. The molecule has 0 atom stereocenters. The van der Waals surface area contributed by atoms with Gasteiger partial charge in [-0.25, -0.2) is 4.98 Å². The van der Waals surface area contributed by atoms with Gasteiger partial charge in [-0.3, -0.25) is 9.59 Å². The van der Waals surface area contributed by atoms with Gasteiger partial charge < -0.3 is 10.1 Å². The van der Waals surface area contributed by atoms with Crippen molar-refractivity contribution < 1.29 is 14.3 Å². The fourth-order valence-electron chi connectivity index (χ4n) is 1.04. The molecule has 1 aromatic heterocycles. The average Bonchev–Trinajstić information content (AvgIpc) is 2.26. The fourth-order valence-corrected chi connectivity index (χ4v) is 1.47. The molecule has 1 heterocycles. The highest BCUT2D eigenvalue weighted by molar-refractivity contribution is 6.34. The van der Waals surface area contributed by atoms with E-state index < -0.39 is 11.9 Å². The van der Waals surface area contributed by atoms with E-state index in [-0.39, 0.29) is 29.0 Å². The van der Waals surface area contributed by atoms with Gasteiger partial charge in [0.05, 0.1) is 12.2 Å². The zero-order chi connectivity index (χ0) is 12.8. The normalized spacial score (nSPS) is 9.82. The summed E-state index contributed by atoms with van der Waals surface area (Å²) < 4.78 is 4.65. The van der Waals surface area contributed by atoms with Crippen molar-refractivity contribution >= 4 is 35.1 Å². The third kappa shape index (κ3) is 4.20. The number of rotatable bonds is 4. The molecule has 0 fully saturated rings. The van der Waals surface area contributed by atoms with E-state index in [9.17, 15) is 9.59 Å². The van der Waals surface area contributed by atoms with Crippen LogP contribution in [0.5, 0.6) is 0 Å². The highest BCUT2D eigenvalue weighted by atomic mass is 35.5. The van der Waals surface area contributed by atoms with Crippen molar-refractivity contribution in [3.8, 4) is 0 Å². The number of halogens is 2. The van der Waals surface area contributed by atoms with Gasteiger partial charge in [-0.15, -0.1) is 0 Å². The second-order valence-electron chi connectivity index (χ2n) is 2.96. The number of pyridine rings is 1. The number of nitrogens with one attached hydrogen (secondary N) is 1.